The predicted molar refractivity (Wildman–Crippen MR) is 220 cm³/mol. The summed E-state index contributed by atoms with van der Waals surface area (Å²) < 4.78 is 6.29. The van der Waals surface area contributed by atoms with E-state index in [9.17, 15) is 0 Å². The van der Waals surface area contributed by atoms with Crippen LogP contribution in [0.15, 0.2) is 174 Å². The molecule has 0 N–H and O–H groups in total. The molecule has 1 saturated carbocycles. The van der Waals surface area contributed by atoms with Gasteiger partial charge in [0.25, 0.3) is 0 Å². The molecule has 2 heteroatoms. The second-order valence-electron chi connectivity index (χ2n) is 14.3. The average molecular weight is 670 g/mol. The van der Waals surface area contributed by atoms with Crippen molar-refractivity contribution in [3.63, 3.8) is 0 Å². The number of hydrogen-bond donors (Lipinski definition) is 0. The summed E-state index contributed by atoms with van der Waals surface area (Å²) in [5, 5.41) is 7.47. The van der Waals surface area contributed by atoms with Crippen LogP contribution in [0.1, 0.15) is 43.6 Å². The summed E-state index contributed by atoms with van der Waals surface area (Å²) in [6.45, 7) is 0. The molecule has 0 unspecified atom stereocenters. The van der Waals surface area contributed by atoms with Crippen molar-refractivity contribution in [2.24, 2.45) is 0 Å². The molecule has 1 aromatic heterocycles. The molecule has 1 fully saturated rings. The number of nitrogens with zero attached hydrogens (tertiary/aromatic N) is 1. The van der Waals surface area contributed by atoms with Crippen LogP contribution in [0.4, 0.5) is 17.1 Å². The molecule has 10 rings (SSSR count). The standard InChI is InChI=1S/C50H39NO/c1-2-13-36(14-3-1)42-20-10-16-37-17-11-21-45(50(37)42)43-18-6-8-22-47(43)51(41-30-31-49-46(33-41)44-19-7-9-23-48(44)52-49)40-28-26-35(27-29-40)39-25-24-34-12-4-5-15-38(34)32-39/h4-12,15-33,36H,1-3,13-14H2. The first-order valence-electron chi connectivity index (χ1n) is 18.7. The minimum atomic E-state index is 0.598. The molecular formula is C50H39NO. The van der Waals surface area contributed by atoms with Crippen molar-refractivity contribution in [3.05, 3.63) is 175 Å². The second kappa shape index (κ2) is 12.9. The Kier molecular flexibility index (Phi) is 7.61. The lowest BCUT2D eigenvalue weighted by Crippen LogP contribution is -2.11. The zero-order valence-corrected chi connectivity index (χ0v) is 29.1. The zero-order valence-electron chi connectivity index (χ0n) is 29.1. The van der Waals surface area contributed by atoms with E-state index in [4.69, 9.17) is 4.42 Å². The zero-order chi connectivity index (χ0) is 34.4. The van der Waals surface area contributed by atoms with Gasteiger partial charge in [-0.1, -0.05) is 141 Å². The Morgan fingerprint density at radius 3 is 2.00 bits per heavy atom. The van der Waals surface area contributed by atoms with E-state index in [1.165, 1.54) is 81.5 Å². The molecule has 1 aliphatic carbocycles. The van der Waals surface area contributed by atoms with Crippen molar-refractivity contribution in [2.45, 2.75) is 38.0 Å². The third kappa shape index (κ3) is 5.34. The lowest BCUT2D eigenvalue weighted by molar-refractivity contribution is 0.445. The molecule has 2 nitrogen and oxygen atoms in total. The van der Waals surface area contributed by atoms with Crippen molar-refractivity contribution >= 4 is 60.5 Å². The lowest BCUT2D eigenvalue weighted by Gasteiger charge is -2.29. The maximum Gasteiger partial charge on any atom is 0.135 e. The van der Waals surface area contributed by atoms with E-state index < -0.39 is 0 Å². The average Bonchev–Trinajstić information content (AvgIpc) is 3.59. The highest BCUT2D eigenvalue weighted by Crippen LogP contribution is 2.46. The summed E-state index contributed by atoms with van der Waals surface area (Å²) in [6, 6.07) is 62.1. The Bertz CT molecular complexity index is 2720. The molecule has 9 aromatic rings. The molecule has 1 heterocycles. The minimum absolute atomic E-state index is 0.598. The Hall–Kier alpha value is -6.12. The van der Waals surface area contributed by atoms with Crippen molar-refractivity contribution in [3.8, 4) is 22.3 Å². The van der Waals surface area contributed by atoms with Gasteiger partial charge in [-0.25, -0.2) is 0 Å². The van der Waals surface area contributed by atoms with Crippen molar-refractivity contribution in [1.82, 2.24) is 0 Å². The van der Waals surface area contributed by atoms with Crippen LogP contribution in [0.25, 0.3) is 65.7 Å². The van der Waals surface area contributed by atoms with Crippen molar-refractivity contribution < 1.29 is 4.42 Å². The third-order valence-corrected chi connectivity index (χ3v) is 11.2. The van der Waals surface area contributed by atoms with Gasteiger partial charge in [0.1, 0.15) is 11.2 Å². The van der Waals surface area contributed by atoms with E-state index in [1.807, 2.05) is 6.07 Å². The van der Waals surface area contributed by atoms with Crippen LogP contribution >= 0.6 is 0 Å². The van der Waals surface area contributed by atoms with Gasteiger partial charge in [-0.3, -0.25) is 0 Å². The van der Waals surface area contributed by atoms with Crippen LogP contribution in [0, 0.1) is 0 Å². The first kappa shape index (κ1) is 30.7. The largest absolute Gasteiger partial charge is 0.456 e. The molecule has 0 radical (unpaired) electrons. The number of anilines is 3. The molecule has 0 spiro atoms. The number of para-hydroxylation sites is 2. The Morgan fingerprint density at radius 2 is 1.12 bits per heavy atom. The summed E-state index contributed by atoms with van der Waals surface area (Å²) >= 11 is 0. The minimum Gasteiger partial charge on any atom is -0.456 e. The van der Waals surface area contributed by atoms with Gasteiger partial charge < -0.3 is 9.32 Å². The highest BCUT2D eigenvalue weighted by atomic mass is 16.3. The smallest absolute Gasteiger partial charge is 0.135 e. The van der Waals surface area contributed by atoms with Crippen LogP contribution in [-0.2, 0) is 0 Å². The predicted octanol–water partition coefficient (Wildman–Crippen LogP) is 14.7. The number of rotatable bonds is 6. The van der Waals surface area contributed by atoms with Gasteiger partial charge in [-0.2, -0.15) is 0 Å². The van der Waals surface area contributed by atoms with E-state index >= 15 is 0 Å². The molecular weight excluding hydrogens is 631 g/mol. The normalized spacial score (nSPS) is 13.7. The Labute approximate surface area is 304 Å². The molecule has 0 saturated heterocycles. The van der Waals surface area contributed by atoms with Crippen LogP contribution in [-0.4, -0.2) is 0 Å². The summed E-state index contributed by atoms with van der Waals surface area (Å²) in [5.41, 5.74) is 11.6. The molecule has 1 aliphatic rings. The fourth-order valence-corrected chi connectivity index (χ4v) is 8.70. The number of furan rings is 1. The highest BCUT2D eigenvalue weighted by Gasteiger charge is 2.23. The number of hydrogen-bond acceptors (Lipinski definition) is 2. The van der Waals surface area contributed by atoms with E-state index in [-0.39, 0.29) is 0 Å². The molecule has 52 heavy (non-hydrogen) atoms. The fourth-order valence-electron chi connectivity index (χ4n) is 8.70. The number of fused-ring (bicyclic) bond motifs is 5. The van der Waals surface area contributed by atoms with E-state index in [0.29, 0.717) is 5.92 Å². The first-order valence-corrected chi connectivity index (χ1v) is 18.7. The second-order valence-corrected chi connectivity index (χ2v) is 14.3. The van der Waals surface area contributed by atoms with Crippen molar-refractivity contribution in [2.75, 3.05) is 4.90 Å². The van der Waals surface area contributed by atoms with Gasteiger partial charge in [0, 0.05) is 27.7 Å². The summed E-state index contributed by atoms with van der Waals surface area (Å²) in [4.78, 5) is 2.43. The third-order valence-electron chi connectivity index (χ3n) is 11.2. The van der Waals surface area contributed by atoms with E-state index in [0.717, 1.165) is 39.0 Å². The molecule has 0 bridgehead atoms. The van der Waals surface area contributed by atoms with E-state index in [2.05, 4.69) is 169 Å². The summed E-state index contributed by atoms with van der Waals surface area (Å²) in [6.07, 6.45) is 6.51. The van der Waals surface area contributed by atoms with Crippen LogP contribution in [0.5, 0.6) is 0 Å². The van der Waals surface area contributed by atoms with Gasteiger partial charge in [0.15, 0.2) is 0 Å². The topological polar surface area (TPSA) is 16.4 Å². The van der Waals surface area contributed by atoms with E-state index in [1.54, 1.807) is 0 Å². The molecule has 8 aromatic carbocycles. The van der Waals surface area contributed by atoms with Crippen LogP contribution in [0.2, 0.25) is 0 Å². The summed E-state index contributed by atoms with van der Waals surface area (Å²) in [5.74, 6) is 0.598. The van der Waals surface area contributed by atoms with Gasteiger partial charge >= 0.3 is 0 Å². The fraction of sp³-hybridized carbons (Fsp3) is 0.120. The van der Waals surface area contributed by atoms with Crippen LogP contribution in [0.3, 0.4) is 0 Å². The molecule has 250 valence electrons. The molecule has 0 aliphatic heterocycles. The summed E-state index contributed by atoms with van der Waals surface area (Å²) in [7, 11) is 0. The van der Waals surface area contributed by atoms with Crippen molar-refractivity contribution in [1.29, 1.82) is 0 Å². The van der Waals surface area contributed by atoms with Gasteiger partial charge in [0.05, 0.1) is 5.69 Å². The maximum absolute atomic E-state index is 6.29. The monoisotopic (exact) mass is 669 g/mol. The Morgan fingerprint density at radius 1 is 0.442 bits per heavy atom. The SMILES string of the molecule is c1ccc(N(c2ccc(-c3ccc4ccccc4c3)cc2)c2ccc3oc4ccccc4c3c2)c(-c2cccc3cccc(C4CCCCC4)c23)c1. The maximum atomic E-state index is 6.29. The van der Waals surface area contributed by atoms with Gasteiger partial charge in [-0.05, 0) is 111 Å². The van der Waals surface area contributed by atoms with Crippen LogP contribution < -0.4 is 4.90 Å². The first-order chi connectivity index (χ1) is 25.8. The van der Waals surface area contributed by atoms with Gasteiger partial charge in [-0.15, -0.1) is 0 Å². The highest BCUT2D eigenvalue weighted by molar-refractivity contribution is 6.08. The van der Waals surface area contributed by atoms with Gasteiger partial charge in [0.2, 0.25) is 0 Å². The quantitative estimate of drug-likeness (QED) is 0.175. The molecule has 0 amide bonds. The molecule has 0 atom stereocenters. The Balaban J connectivity index is 1.17. The number of benzene rings is 8. The lowest BCUT2D eigenvalue weighted by atomic mass is 9.80.